The summed E-state index contributed by atoms with van der Waals surface area (Å²) in [5.41, 5.74) is 0. The predicted octanol–water partition coefficient (Wildman–Crippen LogP) is 8.28. The van der Waals surface area contributed by atoms with Gasteiger partial charge in [-0.05, 0) is 22.9 Å². The lowest BCUT2D eigenvalue weighted by Gasteiger charge is -2.55. The van der Waals surface area contributed by atoms with Gasteiger partial charge in [-0.15, -0.1) is 11.3 Å². The second-order valence-electron chi connectivity index (χ2n) is 12.6. The van der Waals surface area contributed by atoms with Gasteiger partial charge >= 0.3 is 0 Å². The van der Waals surface area contributed by atoms with Gasteiger partial charge in [0.15, 0.2) is 0 Å². The number of rotatable bonds is 9. The third-order valence-electron chi connectivity index (χ3n) is 5.75. The zero-order valence-electron chi connectivity index (χ0n) is 21.6. The third-order valence-corrected chi connectivity index (χ3v) is 26.2. The van der Waals surface area contributed by atoms with Gasteiger partial charge in [-0.3, -0.25) is 0 Å². The zero-order valence-corrected chi connectivity index (χ0v) is 27.2. The van der Waals surface area contributed by atoms with Gasteiger partial charge < -0.3 is 8.46 Å². The molecule has 2 nitrogen and oxygen atoms in total. The van der Waals surface area contributed by atoms with Crippen LogP contribution in [0.15, 0.2) is 35.1 Å². The summed E-state index contributed by atoms with van der Waals surface area (Å²) >= 11 is 1.93. The van der Waals surface area contributed by atoms with E-state index in [0.29, 0.717) is 0 Å². The molecule has 0 radical (unpaired) electrons. The van der Waals surface area contributed by atoms with E-state index in [1.54, 1.807) is 4.91 Å². The molecule has 1 aliphatic heterocycles. The van der Waals surface area contributed by atoms with Crippen molar-refractivity contribution in [3.05, 3.63) is 40.0 Å². The molecule has 2 rings (SSSR count). The van der Waals surface area contributed by atoms with E-state index in [2.05, 4.69) is 122 Å². The summed E-state index contributed by atoms with van der Waals surface area (Å²) in [6, 6.07) is 4.58. The summed E-state index contributed by atoms with van der Waals surface area (Å²) in [4.78, 5) is 3.13. The lowest BCUT2D eigenvalue weighted by Crippen LogP contribution is -2.62. The molecule has 172 valence electrons. The molecule has 30 heavy (non-hydrogen) atoms. The SMILES string of the molecule is C[Si](C)(C)N(CS1(CN([Si](C)(C)C)[Si](C)(C)C)C=CC=C1c1cccs1)[Si](C)(C)C. The van der Waals surface area contributed by atoms with Gasteiger partial charge in [0, 0.05) is 21.5 Å². The smallest absolute Gasteiger partial charge is 0.112 e. The Kier molecular flexibility index (Phi) is 7.91. The van der Waals surface area contributed by atoms with Crippen molar-refractivity contribution in [1.82, 2.24) is 8.46 Å². The summed E-state index contributed by atoms with van der Waals surface area (Å²) in [5.74, 6) is 2.51. The Morgan fingerprint density at radius 2 is 1.17 bits per heavy atom. The molecule has 0 spiro atoms. The van der Waals surface area contributed by atoms with Crippen LogP contribution >= 0.6 is 21.4 Å². The molecule has 0 bridgehead atoms. The minimum absolute atomic E-state index is 1.07. The lowest BCUT2D eigenvalue weighted by atomic mass is 10.4. The van der Waals surface area contributed by atoms with Crippen molar-refractivity contribution in [3.8, 4) is 0 Å². The number of hydrogen-bond donors (Lipinski definition) is 0. The maximum Gasteiger partial charge on any atom is 0.112 e. The molecule has 0 fully saturated rings. The first-order valence-corrected chi connectivity index (χ1v) is 27.8. The Labute approximate surface area is 197 Å². The molecule has 1 aromatic heterocycles. The summed E-state index contributed by atoms with van der Waals surface area (Å²) in [6.45, 7) is 30.7. The Bertz CT molecular complexity index is 714. The van der Waals surface area contributed by atoms with Crippen LogP contribution in [-0.4, -0.2) is 53.2 Å². The van der Waals surface area contributed by atoms with Crippen LogP contribution in [0.4, 0.5) is 0 Å². The van der Waals surface area contributed by atoms with Crippen molar-refractivity contribution in [1.29, 1.82) is 0 Å². The van der Waals surface area contributed by atoms with Crippen LogP contribution in [0.2, 0.25) is 78.6 Å². The molecule has 1 aliphatic rings. The molecule has 0 saturated carbocycles. The van der Waals surface area contributed by atoms with Gasteiger partial charge in [-0.2, -0.15) is 10.0 Å². The highest BCUT2D eigenvalue weighted by molar-refractivity contribution is 8.43. The minimum atomic E-state index is -1.43. The molecular formula is C22H46N2S2Si4. The van der Waals surface area contributed by atoms with Crippen LogP contribution in [0.3, 0.4) is 0 Å². The molecule has 0 atom stereocenters. The summed E-state index contributed by atoms with van der Waals surface area (Å²) in [6.07, 6.45) is 4.85. The van der Waals surface area contributed by atoms with Gasteiger partial charge in [-0.1, -0.05) is 90.7 Å². The second kappa shape index (κ2) is 8.93. The van der Waals surface area contributed by atoms with E-state index in [1.165, 1.54) is 16.6 Å². The van der Waals surface area contributed by atoms with Crippen LogP contribution in [-0.2, 0) is 0 Å². The quantitative estimate of drug-likeness (QED) is 0.306. The third kappa shape index (κ3) is 6.21. The van der Waals surface area contributed by atoms with Crippen molar-refractivity contribution >= 4 is 59.2 Å². The van der Waals surface area contributed by atoms with E-state index in [4.69, 9.17) is 0 Å². The van der Waals surface area contributed by atoms with Crippen LogP contribution in [0.25, 0.3) is 4.91 Å². The topological polar surface area (TPSA) is 6.48 Å². The van der Waals surface area contributed by atoms with E-state index >= 15 is 0 Å². The van der Waals surface area contributed by atoms with Crippen molar-refractivity contribution in [3.63, 3.8) is 0 Å². The number of nitrogens with zero attached hydrogens (tertiary/aromatic N) is 2. The van der Waals surface area contributed by atoms with Crippen LogP contribution in [0.1, 0.15) is 4.88 Å². The summed E-state index contributed by atoms with van der Waals surface area (Å²) in [5, 5.41) is 4.91. The molecule has 0 amide bonds. The maximum atomic E-state index is 3.04. The van der Waals surface area contributed by atoms with Crippen LogP contribution < -0.4 is 0 Å². The Balaban J connectivity index is 2.62. The van der Waals surface area contributed by atoms with Crippen molar-refractivity contribution in [2.45, 2.75) is 78.6 Å². The van der Waals surface area contributed by atoms with Gasteiger partial charge in [0.05, 0.1) is 0 Å². The van der Waals surface area contributed by atoms with E-state index in [-0.39, 0.29) is 0 Å². The Morgan fingerprint density at radius 3 is 1.50 bits per heavy atom. The number of hydrogen-bond acceptors (Lipinski definition) is 3. The lowest BCUT2D eigenvalue weighted by molar-refractivity contribution is 0.700. The fraction of sp³-hybridized carbons (Fsp3) is 0.636. The fourth-order valence-electron chi connectivity index (χ4n) is 4.70. The van der Waals surface area contributed by atoms with Gasteiger partial charge in [0.1, 0.15) is 32.9 Å². The molecule has 0 aliphatic carbocycles. The van der Waals surface area contributed by atoms with E-state index in [9.17, 15) is 0 Å². The zero-order chi connectivity index (χ0) is 23.2. The molecule has 0 aromatic carbocycles. The van der Waals surface area contributed by atoms with Crippen LogP contribution in [0, 0.1) is 0 Å². The number of allylic oxidation sites excluding steroid dienone is 2. The highest BCUT2D eigenvalue weighted by atomic mass is 32.3. The maximum absolute atomic E-state index is 3.04. The van der Waals surface area contributed by atoms with Gasteiger partial charge in [0.25, 0.3) is 0 Å². The summed E-state index contributed by atoms with van der Waals surface area (Å²) < 4.78 is 6.08. The first-order valence-electron chi connectivity index (χ1n) is 11.1. The monoisotopic (exact) mass is 514 g/mol. The Morgan fingerprint density at radius 1 is 0.733 bits per heavy atom. The molecular weight excluding hydrogens is 469 g/mol. The standard InChI is InChI=1S/C22H46N2S2Si4/c1-27(2,3)23(28(4,5)6)19-26(20-24(29(7,8)9)30(10,11)12)18-14-16-22(26)21-15-13-17-25-21/h13-18H,19-20H2,1-12H3. The highest BCUT2D eigenvalue weighted by Crippen LogP contribution is 2.66. The molecule has 8 heteroatoms. The predicted molar refractivity (Wildman–Crippen MR) is 156 cm³/mol. The van der Waals surface area contributed by atoms with Crippen molar-refractivity contribution in [2.24, 2.45) is 0 Å². The normalized spacial score (nSPS) is 18.9. The second-order valence-corrected chi connectivity index (χ2v) is 37.1. The fourth-order valence-corrected chi connectivity index (χ4v) is 33.8. The molecule has 0 saturated heterocycles. The van der Waals surface area contributed by atoms with E-state index in [0.717, 1.165) is 0 Å². The minimum Gasteiger partial charge on any atom is -0.338 e. The van der Waals surface area contributed by atoms with Crippen molar-refractivity contribution < 1.29 is 0 Å². The molecule has 2 heterocycles. The highest BCUT2D eigenvalue weighted by Gasteiger charge is 2.45. The summed E-state index contributed by atoms with van der Waals surface area (Å²) in [7, 11) is -6.80. The largest absolute Gasteiger partial charge is 0.338 e. The molecule has 0 N–H and O–H groups in total. The van der Waals surface area contributed by atoms with Crippen molar-refractivity contribution in [2.75, 3.05) is 11.8 Å². The molecule has 0 unspecified atom stereocenters. The van der Waals surface area contributed by atoms with Crippen LogP contribution in [0.5, 0.6) is 0 Å². The van der Waals surface area contributed by atoms with E-state index in [1.807, 2.05) is 11.3 Å². The van der Waals surface area contributed by atoms with Gasteiger partial charge in [0.2, 0.25) is 0 Å². The average Bonchev–Trinajstić information content (AvgIpc) is 3.15. The van der Waals surface area contributed by atoms with E-state index < -0.39 is 43.0 Å². The first kappa shape index (κ1) is 26.6. The Hall–Kier alpha value is 0.318. The first-order chi connectivity index (χ1) is 13.4. The van der Waals surface area contributed by atoms with Gasteiger partial charge in [-0.25, -0.2) is 0 Å². The average molecular weight is 515 g/mol. The molecule has 1 aromatic rings. The number of thiophene rings is 1.